The first-order valence-electron chi connectivity index (χ1n) is 11.2. The molecule has 3 aromatic rings. The highest BCUT2D eigenvalue weighted by molar-refractivity contribution is 5.90. The lowest BCUT2D eigenvalue weighted by Crippen LogP contribution is -2.30. The van der Waals surface area contributed by atoms with Gasteiger partial charge in [-0.1, -0.05) is 0 Å². The van der Waals surface area contributed by atoms with Gasteiger partial charge in [0.15, 0.2) is 11.6 Å². The summed E-state index contributed by atoms with van der Waals surface area (Å²) in [5, 5.41) is 3.33. The standard InChI is InChI=1S/C24H26F5N5O/c1-12(16-7-14(30)8-18(22(16)26)24(27,28)29)31-23-17-9-21(35-11-15-5-4-6-34(15)3)19(25)10-20(17)32-13(2)33-23/h7-10,12,15H,4-6,11,30H2,1-3H3,(H,31,32,33)/t12-,15+/m1/s1. The molecular weight excluding hydrogens is 469 g/mol. The first kappa shape index (κ1) is 24.9. The van der Waals surface area contributed by atoms with E-state index in [1.807, 2.05) is 7.05 Å². The number of nitrogens with two attached hydrogens (primary N) is 1. The van der Waals surface area contributed by atoms with Crippen LogP contribution in [0.4, 0.5) is 33.5 Å². The fourth-order valence-electron chi connectivity index (χ4n) is 4.32. The van der Waals surface area contributed by atoms with Crippen LogP contribution in [0.1, 0.15) is 42.8 Å². The average Bonchev–Trinajstić information content (AvgIpc) is 3.17. The molecule has 4 rings (SSSR count). The highest BCUT2D eigenvalue weighted by Crippen LogP contribution is 2.37. The summed E-state index contributed by atoms with van der Waals surface area (Å²) in [4.78, 5) is 10.7. The van der Waals surface area contributed by atoms with Crippen molar-refractivity contribution in [3.8, 4) is 5.75 Å². The number of benzene rings is 2. The van der Waals surface area contributed by atoms with Crippen molar-refractivity contribution in [1.29, 1.82) is 0 Å². The molecule has 6 nitrogen and oxygen atoms in total. The summed E-state index contributed by atoms with van der Waals surface area (Å²) in [7, 11) is 1.98. The van der Waals surface area contributed by atoms with Gasteiger partial charge < -0.3 is 20.7 Å². The van der Waals surface area contributed by atoms with E-state index < -0.39 is 29.4 Å². The number of nitrogens with zero attached hydrogens (tertiary/aromatic N) is 3. The fraction of sp³-hybridized carbons (Fsp3) is 0.417. The average molecular weight is 495 g/mol. The van der Waals surface area contributed by atoms with Crippen LogP contribution in [0.25, 0.3) is 10.9 Å². The van der Waals surface area contributed by atoms with Crippen LogP contribution in [0.5, 0.6) is 5.75 Å². The van der Waals surface area contributed by atoms with Crippen LogP contribution in [0.15, 0.2) is 24.3 Å². The van der Waals surface area contributed by atoms with Crippen LogP contribution in [0.3, 0.4) is 0 Å². The number of rotatable bonds is 6. The number of anilines is 2. The van der Waals surface area contributed by atoms with E-state index in [9.17, 15) is 22.0 Å². The third-order valence-electron chi connectivity index (χ3n) is 6.21. The number of ether oxygens (including phenoxy) is 1. The zero-order valence-electron chi connectivity index (χ0n) is 19.5. The van der Waals surface area contributed by atoms with Crippen molar-refractivity contribution >= 4 is 22.4 Å². The molecule has 1 aromatic heterocycles. The summed E-state index contributed by atoms with van der Waals surface area (Å²) in [6, 6.07) is 3.60. The minimum Gasteiger partial charge on any atom is -0.489 e. The number of hydrogen-bond donors (Lipinski definition) is 2. The SMILES string of the molecule is Cc1nc(N[C@H](C)c2cc(N)cc(C(F)(F)F)c2F)c2cc(OC[C@@H]3CCCN3C)c(F)cc2n1. The number of halogens is 5. The largest absolute Gasteiger partial charge is 0.489 e. The molecule has 0 amide bonds. The van der Waals surface area contributed by atoms with Gasteiger partial charge in [-0.3, -0.25) is 0 Å². The maximum absolute atomic E-state index is 14.8. The van der Waals surface area contributed by atoms with E-state index in [-0.39, 0.29) is 34.4 Å². The summed E-state index contributed by atoms with van der Waals surface area (Å²) in [5.41, 5.74) is 3.96. The Hall–Kier alpha value is -3.21. The maximum atomic E-state index is 14.8. The van der Waals surface area contributed by atoms with E-state index in [1.165, 1.54) is 19.1 Å². The second-order valence-corrected chi connectivity index (χ2v) is 8.84. The predicted octanol–water partition coefficient (Wildman–Crippen LogP) is 5.46. The minimum absolute atomic E-state index is 0.00968. The Balaban J connectivity index is 1.68. The molecule has 0 aliphatic carbocycles. The number of likely N-dealkylation sites (tertiary alicyclic amines) is 1. The minimum atomic E-state index is -4.90. The Bertz CT molecular complexity index is 1250. The van der Waals surface area contributed by atoms with Crippen LogP contribution in [0, 0.1) is 18.6 Å². The van der Waals surface area contributed by atoms with Gasteiger partial charge in [-0.15, -0.1) is 0 Å². The van der Waals surface area contributed by atoms with E-state index in [1.54, 1.807) is 6.92 Å². The Kier molecular flexibility index (Phi) is 6.72. The Morgan fingerprint density at radius 2 is 1.94 bits per heavy atom. The maximum Gasteiger partial charge on any atom is 0.419 e. The molecule has 2 atom stereocenters. The van der Waals surface area contributed by atoms with E-state index in [4.69, 9.17) is 10.5 Å². The second-order valence-electron chi connectivity index (χ2n) is 8.84. The lowest BCUT2D eigenvalue weighted by atomic mass is 10.0. The van der Waals surface area contributed by atoms with Gasteiger partial charge in [0.2, 0.25) is 0 Å². The number of alkyl halides is 3. The van der Waals surface area contributed by atoms with Crippen LogP contribution in [-0.4, -0.2) is 41.1 Å². The second kappa shape index (κ2) is 9.44. The van der Waals surface area contributed by atoms with Crippen LogP contribution in [0.2, 0.25) is 0 Å². The van der Waals surface area contributed by atoms with Gasteiger partial charge in [0.1, 0.15) is 24.1 Å². The van der Waals surface area contributed by atoms with E-state index >= 15 is 0 Å². The molecule has 11 heteroatoms. The zero-order chi connectivity index (χ0) is 25.5. The molecule has 0 radical (unpaired) electrons. The molecule has 0 spiro atoms. The summed E-state index contributed by atoms with van der Waals surface area (Å²) in [6.45, 7) is 4.33. The number of nitrogens with one attached hydrogen (secondary N) is 1. The molecule has 35 heavy (non-hydrogen) atoms. The van der Waals surface area contributed by atoms with Gasteiger partial charge in [-0.05, 0) is 58.5 Å². The number of aryl methyl sites for hydroxylation is 1. The van der Waals surface area contributed by atoms with Gasteiger partial charge in [0.25, 0.3) is 0 Å². The fourth-order valence-corrected chi connectivity index (χ4v) is 4.32. The molecule has 1 fully saturated rings. The van der Waals surface area contributed by atoms with E-state index in [0.717, 1.165) is 25.5 Å². The molecule has 0 saturated carbocycles. The Morgan fingerprint density at radius 1 is 1.20 bits per heavy atom. The molecule has 1 aliphatic heterocycles. The summed E-state index contributed by atoms with van der Waals surface area (Å²) in [5.74, 6) is -1.49. The van der Waals surface area contributed by atoms with Crippen LogP contribution in [-0.2, 0) is 6.18 Å². The molecule has 1 saturated heterocycles. The van der Waals surface area contributed by atoms with Crippen molar-refractivity contribution in [2.45, 2.75) is 44.9 Å². The molecule has 1 aliphatic rings. The number of aromatic nitrogens is 2. The molecule has 2 heterocycles. The van der Waals surface area contributed by atoms with Gasteiger partial charge >= 0.3 is 6.18 Å². The molecule has 0 bridgehead atoms. The van der Waals surface area contributed by atoms with Crippen LogP contribution >= 0.6 is 0 Å². The molecule has 3 N–H and O–H groups in total. The lowest BCUT2D eigenvalue weighted by molar-refractivity contribution is -0.140. The molecule has 0 unspecified atom stereocenters. The van der Waals surface area contributed by atoms with Crippen molar-refractivity contribution in [3.05, 3.63) is 52.9 Å². The van der Waals surface area contributed by atoms with Crippen molar-refractivity contribution < 1.29 is 26.7 Å². The third kappa shape index (κ3) is 5.24. The highest BCUT2D eigenvalue weighted by Gasteiger charge is 2.36. The predicted molar refractivity (Wildman–Crippen MR) is 123 cm³/mol. The zero-order valence-corrected chi connectivity index (χ0v) is 19.5. The quantitative estimate of drug-likeness (QED) is 0.349. The number of hydrogen-bond acceptors (Lipinski definition) is 6. The van der Waals surface area contributed by atoms with Gasteiger partial charge in [-0.25, -0.2) is 18.7 Å². The normalized spacial score (nSPS) is 17.7. The van der Waals surface area contributed by atoms with E-state index in [0.29, 0.717) is 23.9 Å². The highest BCUT2D eigenvalue weighted by atomic mass is 19.4. The van der Waals surface area contributed by atoms with Gasteiger partial charge in [0, 0.05) is 28.7 Å². The first-order chi connectivity index (χ1) is 16.4. The summed E-state index contributed by atoms with van der Waals surface area (Å²) >= 11 is 0. The monoisotopic (exact) mass is 495 g/mol. The Labute approximate surface area is 199 Å². The van der Waals surface area contributed by atoms with Crippen molar-refractivity contribution in [1.82, 2.24) is 14.9 Å². The number of likely N-dealkylation sites (N-methyl/N-ethyl adjacent to an activating group) is 1. The lowest BCUT2D eigenvalue weighted by Gasteiger charge is -2.21. The summed E-state index contributed by atoms with van der Waals surface area (Å²) < 4.78 is 75.1. The summed E-state index contributed by atoms with van der Waals surface area (Å²) in [6.07, 6.45) is -2.91. The molecular formula is C24H26F5N5O. The smallest absolute Gasteiger partial charge is 0.419 e. The number of nitrogen functional groups attached to an aromatic ring is 1. The van der Waals surface area contributed by atoms with Gasteiger partial charge in [-0.2, -0.15) is 13.2 Å². The third-order valence-corrected chi connectivity index (χ3v) is 6.21. The Morgan fingerprint density at radius 3 is 2.60 bits per heavy atom. The molecule has 2 aromatic carbocycles. The van der Waals surface area contributed by atoms with Crippen molar-refractivity contribution in [3.63, 3.8) is 0 Å². The van der Waals surface area contributed by atoms with Crippen molar-refractivity contribution in [2.75, 3.05) is 31.2 Å². The number of fused-ring (bicyclic) bond motifs is 1. The van der Waals surface area contributed by atoms with Gasteiger partial charge in [0.05, 0.1) is 17.1 Å². The topological polar surface area (TPSA) is 76.3 Å². The molecule has 188 valence electrons. The van der Waals surface area contributed by atoms with Crippen LogP contribution < -0.4 is 15.8 Å². The van der Waals surface area contributed by atoms with E-state index in [2.05, 4.69) is 20.2 Å². The first-order valence-corrected chi connectivity index (χ1v) is 11.2. The van der Waals surface area contributed by atoms with Crippen molar-refractivity contribution in [2.24, 2.45) is 0 Å².